The van der Waals surface area contributed by atoms with Crippen molar-refractivity contribution < 1.29 is 4.79 Å². The molecule has 2 rings (SSSR count). The highest BCUT2D eigenvalue weighted by molar-refractivity contribution is 5.79. The van der Waals surface area contributed by atoms with Gasteiger partial charge >= 0.3 is 0 Å². The number of amides is 1. The van der Waals surface area contributed by atoms with Crippen LogP contribution in [0.25, 0.3) is 0 Å². The van der Waals surface area contributed by atoms with Crippen LogP contribution in [-0.2, 0) is 4.79 Å². The number of carbonyl (C=O) groups is 1. The summed E-state index contributed by atoms with van der Waals surface area (Å²) in [5, 5.41) is 0. The number of unbranched alkanes of at least 4 members (excludes halogenated alkanes) is 1. The Labute approximate surface area is 110 Å². The molecule has 2 saturated heterocycles. The third kappa shape index (κ3) is 3.93. The van der Waals surface area contributed by atoms with Crippen molar-refractivity contribution in [2.45, 2.75) is 25.3 Å². The van der Waals surface area contributed by atoms with E-state index in [0.29, 0.717) is 6.42 Å². The molecule has 2 N–H and O–H groups in total. The maximum atomic E-state index is 11.5. The molecule has 2 aliphatic rings. The molecule has 0 aliphatic carbocycles. The second-order valence-electron chi connectivity index (χ2n) is 5.66. The van der Waals surface area contributed by atoms with E-state index in [-0.39, 0.29) is 11.9 Å². The lowest BCUT2D eigenvalue weighted by molar-refractivity contribution is -0.127. The fourth-order valence-corrected chi connectivity index (χ4v) is 2.73. The highest BCUT2D eigenvalue weighted by Crippen LogP contribution is 2.10. The van der Waals surface area contributed by atoms with Crippen LogP contribution in [0.2, 0.25) is 0 Å². The Kier molecular flexibility index (Phi) is 4.97. The normalized spacial score (nSPS) is 27.1. The third-order valence-electron chi connectivity index (χ3n) is 3.99. The summed E-state index contributed by atoms with van der Waals surface area (Å²) in [5.41, 5.74) is 5.77. The van der Waals surface area contributed by atoms with Gasteiger partial charge in [0.15, 0.2) is 0 Å². The van der Waals surface area contributed by atoms with Crippen LogP contribution in [0, 0.1) is 0 Å². The Bertz CT molecular complexity index is 276. The van der Waals surface area contributed by atoms with Crippen LogP contribution >= 0.6 is 0 Å². The summed E-state index contributed by atoms with van der Waals surface area (Å²) in [7, 11) is 2.18. The lowest BCUT2D eigenvalue weighted by Crippen LogP contribution is -2.44. The van der Waals surface area contributed by atoms with E-state index in [1.165, 1.54) is 39.1 Å². The summed E-state index contributed by atoms with van der Waals surface area (Å²) < 4.78 is 0. The number of rotatable bonds is 5. The number of nitrogens with zero attached hydrogens (tertiary/aromatic N) is 3. The second kappa shape index (κ2) is 6.50. The molecule has 18 heavy (non-hydrogen) atoms. The minimum atomic E-state index is 0.0649. The van der Waals surface area contributed by atoms with Crippen molar-refractivity contribution in [3.05, 3.63) is 0 Å². The van der Waals surface area contributed by atoms with Crippen molar-refractivity contribution in [3.63, 3.8) is 0 Å². The van der Waals surface area contributed by atoms with Gasteiger partial charge in [-0.15, -0.1) is 0 Å². The SMILES string of the molecule is CN1CCN(CCCCN2CC(N)CC2=O)CC1. The van der Waals surface area contributed by atoms with E-state index in [9.17, 15) is 4.79 Å². The first-order chi connectivity index (χ1) is 8.65. The van der Waals surface area contributed by atoms with E-state index in [1.807, 2.05) is 4.90 Å². The van der Waals surface area contributed by atoms with E-state index < -0.39 is 0 Å². The average molecular weight is 254 g/mol. The van der Waals surface area contributed by atoms with Crippen molar-refractivity contribution >= 4 is 5.91 Å². The van der Waals surface area contributed by atoms with Crippen LogP contribution in [0.1, 0.15) is 19.3 Å². The van der Waals surface area contributed by atoms with Gasteiger partial charge in [0.2, 0.25) is 5.91 Å². The van der Waals surface area contributed by atoms with Gasteiger partial charge in [0, 0.05) is 51.7 Å². The number of hydrogen-bond acceptors (Lipinski definition) is 4. The lowest BCUT2D eigenvalue weighted by atomic mass is 10.2. The van der Waals surface area contributed by atoms with Gasteiger partial charge in [-0.25, -0.2) is 0 Å². The standard InChI is InChI=1S/C13H26N4O/c1-15-6-8-16(9-7-15)4-2-3-5-17-11-12(14)10-13(17)18/h12H,2-11,14H2,1H3. The third-order valence-corrected chi connectivity index (χ3v) is 3.99. The smallest absolute Gasteiger partial charge is 0.224 e. The Hall–Kier alpha value is -0.650. The molecule has 1 unspecified atom stereocenters. The van der Waals surface area contributed by atoms with Gasteiger partial charge in [0.25, 0.3) is 0 Å². The van der Waals surface area contributed by atoms with Crippen LogP contribution in [0.4, 0.5) is 0 Å². The van der Waals surface area contributed by atoms with Crippen molar-refractivity contribution in [3.8, 4) is 0 Å². The second-order valence-corrected chi connectivity index (χ2v) is 5.66. The lowest BCUT2D eigenvalue weighted by Gasteiger charge is -2.32. The fraction of sp³-hybridized carbons (Fsp3) is 0.923. The van der Waals surface area contributed by atoms with E-state index in [0.717, 1.165) is 19.5 Å². The van der Waals surface area contributed by atoms with Gasteiger partial charge in [0.1, 0.15) is 0 Å². The molecule has 0 aromatic carbocycles. The number of carbonyl (C=O) groups excluding carboxylic acids is 1. The quantitative estimate of drug-likeness (QED) is 0.677. The molecule has 5 heteroatoms. The van der Waals surface area contributed by atoms with Gasteiger partial charge in [-0.1, -0.05) is 0 Å². The summed E-state index contributed by atoms with van der Waals surface area (Å²) in [6.45, 7) is 7.54. The summed E-state index contributed by atoms with van der Waals surface area (Å²) in [6, 6.07) is 0.0649. The Morgan fingerprint density at radius 3 is 2.44 bits per heavy atom. The van der Waals surface area contributed by atoms with Gasteiger partial charge in [-0.2, -0.15) is 0 Å². The predicted octanol–water partition coefficient (Wildman–Crippen LogP) is -0.426. The predicted molar refractivity (Wildman–Crippen MR) is 72.3 cm³/mol. The first kappa shape index (κ1) is 13.8. The molecule has 0 bridgehead atoms. The highest BCUT2D eigenvalue weighted by Gasteiger charge is 2.26. The largest absolute Gasteiger partial charge is 0.341 e. The Morgan fingerprint density at radius 1 is 1.17 bits per heavy atom. The summed E-state index contributed by atoms with van der Waals surface area (Å²) >= 11 is 0. The maximum absolute atomic E-state index is 11.5. The summed E-state index contributed by atoms with van der Waals surface area (Å²) in [4.78, 5) is 18.4. The van der Waals surface area contributed by atoms with Crippen LogP contribution in [0.15, 0.2) is 0 Å². The highest BCUT2D eigenvalue weighted by atomic mass is 16.2. The fourth-order valence-electron chi connectivity index (χ4n) is 2.73. The Balaban J connectivity index is 1.55. The molecule has 1 amide bonds. The maximum Gasteiger partial charge on any atom is 0.224 e. The average Bonchev–Trinajstić information content (AvgIpc) is 2.66. The summed E-state index contributed by atoms with van der Waals surface area (Å²) in [6.07, 6.45) is 2.83. The monoisotopic (exact) mass is 254 g/mol. The number of likely N-dealkylation sites (tertiary alicyclic amines) is 1. The van der Waals surface area contributed by atoms with Gasteiger partial charge < -0.3 is 20.4 Å². The molecule has 104 valence electrons. The minimum Gasteiger partial charge on any atom is -0.341 e. The molecule has 2 aliphatic heterocycles. The van der Waals surface area contributed by atoms with Crippen LogP contribution in [0.5, 0.6) is 0 Å². The van der Waals surface area contributed by atoms with Crippen molar-refractivity contribution in [2.75, 3.05) is 52.9 Å². The van der Waals surface area contributed by atoms with Gasteiger partial charge in [-0.05, 0) is 26.4 Å². The number of likely N-dealkylation sites (N-methyl/N-ethyl adjacent to an activating group) is 1. The minimum absolute atomic E-state index is 0.0649. The molecule has 0 radical (unpaired) electrons. The van der Waals surface area contributed by atoms with E-state index >= 15 is 0 Å². The van der Waals surface area contributed by atoms with Gasteiger partial charge in [-0.3, -0.25) is 4.79 Å². The molecule has 2 fully saturated rings. The topological polar surface area (TPSA) is 52.8 Å². The molecule has 2 heterocycles. The first-order valence-corrected chi connectivity index (χ1v) is 7.09. The van der Waals surface area contributed by atoms with Gasteiger partial charge in [0.05, 0.1) is 0 Å². The molecule has 0 aromatic rings. The van der Waals surface area contributed by atoms with Crippen molar-refractivity contribution in [1.29, 1.82) is 0 Å². The zero-order valence-corrected chi connectivity index (χ0v) is 11.5. The number of hydrogen-bond donors (Lipinski definition) is 1. The van der Waals surface area contributed by atoms with Crippen LogP contribution < -0.4 is 5.73 Å². The van der Waals surface area contributed by atoms with E-state index in [2.05, 4.69) is 16.8 Å². The van der Waals surface area contributed by atoms with Crippen molar-refractivity contribution in [1.82, 2.24) is 14.7 Å². The first-order valence-electron chi connectivity index (χ1n) is 7.09. The summed E-state index contributed by atoms with van der Waals surface area (Å²) in [5.74, 6) is 0.238. The molecule has 0 aromatic heterocycles. The van der Waals surface area contributed by atoms with E-state index in [4.69, 9.17) is 5.73 Å². The van der Waals surface area contributed by atoms with E-state index in [1.54, 1.807) is 0 Å². The number of piperazine rings is 1. The Morgan fingerprint density at radius 2 is 1.83 bits per heavy atom. The molecule has 1 atom stereocenters. The number of nitrogens with two attached hydrogens (primary N) is 1. The van der Waals surface area contributed by atoms with Crippen LogP contribution in [0.3, 0.4) is 0 Å². The van der Waals surface area contributed by atoms with Crippen LogP contribution in [-0.4, -0.2) is 79.5 Å². The zero-order valence-electron chi connectivity index (χ0n) is 11.5. The molecule has 0 spiro atoms. The molecular weight excluding hydrogens is 228 g/mol. The molecule has 0 saturated carbocycles. The molecular formula is C13H26N4O. The zero-order chi connectivity index (χ0) is 13.0. The molecule has 5 nitrogen and oxygen atoms in total. The van der Waals surface area contributed by atoms with Crippen molar-refractivity contribution in [2.24, 2.45) is 5.73 Å².